The lowest BCUT2D eigenvalue weighted by Gasteiger charge is -2.22. The smallest absolute Gasteiger partial charge is 0.321 e. The van der Waals surface area contributed by atoms with Crippen molar-refractivity contribution in [1.82, 2.24) is 9.80 Å². The minimum Gasteiger partial charge on any atom is -0.331 e. The van der Waals surface area contributed by atoms with Crippen molar-refractivity contribution in [3.63, 3.8) is 0 Å². The summed E-state index contributed by atoms with van der Waals surface area (Å²) in [5, 5.41) is 5.83. The number of benzene rings is 1. The molecule has 4 amide bonds. The molecule has 0 saturated heterocycles. The summed E-state index contributed by atoms with van der Waals surface area (Å²) in [6.45, 7) is 6.15. The Morgan fingerprint density at radius 2 is 1.30 bits per heavy atom. The molecule has 23 heavy (non-hydrogen) atoms. The zero-order valence-corrected chi connectivity index (χ0v) is 15.2. The van der Waals surface area contributed by atoms with Crippen molar-refractivity contribution in [2.24, 2.45) is 0 Å². The van der Waals surface area contributed by atoms with Crippen molar-refractivity contribution < 1.29 is 9.59 Å². The first kappa shape index (κ1) is 18.8. The van der Waals surface area contributed by atoms with E-state index in [9.17, 15) is 9.59 Å². The van der Waals surface area contributed by atoms with Crippen molar-refractivity contribution >= 4 is 23.4 Å². The van der Waals surface area contributed by atoms with Crippen LogP contribution in [0.4, 0.5) is 21.0 Å². The van der Waals surface area contributed by atoms with Crippen LogP contribution in [0.15, 0.2) is 6.07 Å². The molecule has 1 rings (SSSR count). The van der Waals surface area contributed by atoms with Crippen LogP contribution in [0.1, 0.15) is 30.5 Å². The normalized spacial score (nSPS) is 10.2. The summed E-state index contributed by atoms with van der Waals surface area (Å²) >= 11 is 0. The number of rotatable bonds is 4. The third-order valence-corrected chi connectivity index (χ3v) is 3.84. The zero-order chi connectivity index (χ0) is 17.7. The van der Waals surface area contributed by atoms with Gasteiger partial charge in [-0.25, -0.2) is 9.59 Å². The molecule has 1 aromatic carbocycles. The Bertz CT molecular complexity index is 595. The second-order valence-corrected chi connectivity index (χ2v) is 5.91. The van der Waals surface area contributed by atoms with Crippen LogP contribution < -0.4 is 10.6 Å². The summed E-state index contributed by atoms with van der Waals surface area (Å²) in [4.78, 5) is 27.0. The highest BCUT2D eigenvalue weighted by Crippen LogP contribution is 2.31. The molecule has 0 radical (unpaired) electrons. The number of urea groups is 2. The van der Waals surface area contributed by atoms with E-state index >= 15 is 0 Å². The first-order valence-electron chi connectivity index (χ1n) is 7.84. The van der Waals surface area contributed by atoms with Crippen LogP contribution >= 0.6 is 0 Å². The van der Waals surface area contributed by atoms with Gasteiger partial charge < -0.3 is 20.4 Å². The van der Waals surface area contributed by atoms with Gasteiger partial charge in [-0.2, -0.15) is 0 Å². The van der Waals surface area contributed by atoms with E-state index < -0.39 is 0 Å². The molecule has 0 saturated carbocycles. The van der Waals surface area contributed by atoms with Crippen molar-refractivity contribution in [2.45, 2.75) is 33.6 Å². The van der Waals surface area contributed by atoms with Gasteiger partial charge in [0.15, 0.2) is 0 Å². The standard InChI is InChI=1S/C17H28N4O2/c1-8-12-11(3)14(18-16(22)20(4)5)10-15(13(12)9-2)19-17(23)21(6)7/h10H,8-9H2,1-7H3,(H,18,22)(H,19,23). The van der Waals surface area contributed by atoms with E-state index in [2.05, 4.69) is 24.5 Å². The van der Waals surface area contributed by atoms with Crippen LogP contribution in [0.3, 0.4) is 0 Å². The average molecular weight is 320 g/mol. The number of nitrogens with one attached hydrogen (secondary N) is 2. The number of carbonyl (C=O) groups is 2. The molecule has 0 heterocycles. The lowest BCUT2D eigenvalue weighted by atomic mass is 9.94. The van der Waals surface area contributed by atoms with Crippen LogP contribution in [0, 0.1) is 6.92 Å². The van der Waals surface area contributed by atoms with Crippen molar-refractivity contribution in [3.8, 4) is 0 Å². The van der Waals surface area contributed by atoms with Gasteiger partial charge in [0.1, 0.15) is 0 Å². The molecule has 0 aliphatic heterocycles. The first-order valence-corrected chi connectivity index (χ1v) is 7.84. The molecule has 0 unspecified atom stereocenters. The maximum Gasteiger partial charge on any atom is 0.321 e. The average Bonchev–Trinajstić information content (AvgIpc) is 2.49. The van der Waals surface area contributed by atoms with E-state index in [1.807, 2.05) is 13.0 Å². The van der Waals surface area contributed by atoms with Crippen molar-refractivity contribution in [2.75, 3.05) is 38.8 Å². The molecule has 0 atom stereocenters. The molecule has 0 aromatic heterocycles. The third-order valence-electron chi connectivity index (χ3n) is 3.84. The van der Waals surface area contributed by atoms with Gasteiger partial charge in [-0.15, -0.1) is 0 Å². The third kappa shape index (κ3) is 4.37. The molecule has 1 aromatic rings. The predicted molar refractivity (Wildman–Crippen MR) is 95.3 cm³/mol. The highest BCUT2D eigenvalue weighted by atomic mass is 16.2. The SMILES string of the molecule is CCc1c(NC(=O)N(C)C)cc(NC(=O)N(C)C)c(C)c1CC. The summed E-state index contributed by atoms with van der Waals surface area (Å²) < 4.78 is 0. The summed E-state index contributed by atoms with van der Waals surface area (Å²) in [6, 6.07) is 1.47. The van der Waals surface area contributed by atoms with Crippen LogP contribution in [0.2, 0.25) is 0 Å². The lowest BCUT2D eigenvalue weighted by molar-refractivity contribution is 0.230. The van der Waals surface area contributed by atoms with Crippen molar-refractivity contribution in [3.05, 3.63) is 22.8 Å². The number of anilines is 2. The van der Waals surface area contributed by atoms with Gasteiger partial charge >= 0.3 is 12.1 Å². The Morgan fingerprint density at radius 1 is 0.870 bits per heavy atom. The second kappa shape index (κ2) is 7.85. The number of nitrogens with zero attached hydrogens (tertiary/aromatic N) is 2. The maximum atomic E-state index is 12.0. The fraction of sp³-hybridized carbons (Fsp3) is 0.529. The van der Waals surface area contributed by atoms with Crippen molar-refractivity contribution in [1.29, 1.82) is 0 Å². The van der Waals surface area contributed by atoms with Gasteiger partial charge in [0.2, 0.25) is 0 Å². The minimum atomic E-state index is -0.190. The number of hydrogen-bond donors (Lipinski definition) is 2. The van der Waals surface area contributed by atoms with E-state index in [1.165, 1.54) is 9.80 Å². The molecule has 6 nitrogen and oxygen atoms in total. The van der Waals surface area contributed by atoms with Gasteiger partial charge in [-0.05, 0) is 42.5 Å². The van der Waals surface area contributed by atoms with Gasteiger partial charge in [0.05, 0.1) is 0 Å². The fourth-order valence-corrected chi connectivity index (χ4v) is 2.47. The van der Waals surface area contributed by atoms with E-state index in [-0.39, 0.29) is 12.1 Å². The molecule has 2 N–H and O–H groups in total. The lowest BCUT2D eigenvalue weighted by Crippen LogP contribution is -2.29. The Hall–Kier alpha value is -2.24. The van der Waals surface area contributed by atoms with E-state index in [1.54, 1.807) is 28.2 Å². The Labute approximate surface area is 138 Å². The van der Waals surface area contributed by atoms with E-state index in [0.717, 1.165) is 40.9 Å². The summed E-state index contributed by atoms with van der Waals surface area (Å²) in [7, 11) is 6.79. The molecule has 128 valence electrons. The molecule has 0 fully saturated rings. The van der Waals surface area contributed by atoms with Crippen LogP contribution in [-0.2, 0) is 12.8 Å². The topological polar surface area (TPSA) is 64.7 Å². The minimum absolute atomic E-state index is 0.185. The Kier molecular flexibility index (Phi) is 6.42. The number of hydrogen-bond acceptors (Lipinski definition) is 2. The van der Waals surface area contributed by atoms with Gasteiger partial charge in [-0.3, -0.25) is 0 Å². The summed E-state index contributed by atoms with van der Waals surface area (Å²) in [5.74, 6) is 0. The molecule has 0 bridgehead atoms. The van der Waals surface area contributed by atoms with Gasteiger partial charge in [0.25, 0.3) is 0 Å². The fourth-order valence-electron chi connectivity index (χ4n) is 2.47. The molecular weight excluding hydrogens is 292 g/mol. The highest BCUT2D eigenvalue weighted by Gasteiger charge is 2.17. The Morgan fingerprint density at radius 3 is 1.70 bits per heavy atom. The van der Waals surface area contributed by atoms with Crippen LogP contribution in [0.25, 0.3) is 0 Å². The quantitative estimate of drug-likeness (QED) is 0.894. The van der Waals surface area contributed by atoms with Crippen LogP contribution in [0.5, 0.6) is 0 Å². The zero-order valence-electron chi connectivity index (χ0n) is 15.2. The number of amides is 4. The summed E-state index contributed by atoms with van der Waals surface area (Å²) in [6.07, 6.45) is 1.65. The van der Waals surface area contributed by atoms with Crippen LogP contribution in [-0.4, -0.2) is 50.1 Å². The van der Waals surface area contributed by atoms with E-state index in [4.69, 9.17) is 0 Å². The molecule has 6 heteroatoms. The molecule has 0 spiro atoms. The van der Waals surface area contributed by atoms with Gasteiger partial charge in [0, 0.05) is 39.6 Å². The maximum absolute atomic E-state index is 12.0. The molecular formula is C17H28N4O2. The van der Waals surface area contributed by atoms with Gasteiger partial charge in [-0.1, -0.05) is 13.8 Å². The Balaban J connectivity index is 3.37. The van der Waals surface area contributed by atoms with E-state index in [0.29, 0.717) is 0 Å². The first-order chi connectivity index (χ1) is 10.7. The second-order valence-electron chi connectivity index (χ2n) is 5.91. The molecule has 0 aliphatic rings. The highest BCUT2D eigenvalue weighted by molar-refractivity contribution is 5.94. The predicted octanol–water partition coefficient (Wildman–Crippen LogP) is 3.31. The number of carbonyl (C=O) groups excluding carboxylic acids is 2. The monoisotopic (exact) mass is 320 g/mol. The summed E-state index contributed by atoms with van der Waals surface area (Å²) in [5.41, 5.74) is 4.80. The largest absolute Gasteiger partial charge is 0.331 e. The molecule has 0 aliphatic carbocycles.